The van der Waals surface area contributed by atoms with Gasteiger partial charge in [-0.1, -0.05) is 36.2 Å². The van der Waals surface area contributed by atoms with Gasteiger partial charge in [0.1, 0.15) is 11.9 Å². The molecule has 146 valence electrons. The predicted octanol–water partition coefficient (Wildman–Crippen LogP) is 4.62. The van der Waals surface area contributed by atoms with Crippen molar-refractivity contribution in [2.75, 3.05) is 15.9 Å². The van der Waals surface area contributed by atoms with Gasteiger partial charge in [-0.2, -0.15) is 0 Å². The number of sulfonamides is 1. The smallest absolute Gasteiger partial charge is 0.248 e. The molecule has 0 unspecified atom stereocenters. The molecule has 0 fully saturated rings. The first-order valence-corrected chi connectivity index (χ1v) is 10.7. The van der Waals surface area contributed by atoms with Gasteiger partial charge in [-0.3, -0.25) is 9.10 Å². The first-order chi connectivity index (χ1) is 12.5. The Hall–Kier alpha value is -1.83. The number of carbonyl (C=O) groups excluding carboxylic acids is 1. The second-order valence-corrected chi connectivity index (χ2v) is 8.71. The zero-order chi connectivity index (χ0) is 20.4. The zero-order valence-corrected chi connectivity index (χ0v) is 17.3. The Morgan fingerprint density at radius 1 is 1.19 bits per heavy atom. The molecule has 0 heterocycles. The number of hydrogen-bond donors (Lipinski definition) is 1. The van der Waals surface area contributed by atoms with Crippen LogP contribution in [0.15, 0.2) is 36.4 Å². The van der Waals surface area contributed by atoms with Gasteiger partial charge >= 0.3 is 0 Å². The average Bonchev–Trinajstić information content (AvgIpc) is 2.57. The summed E-state index contributed by atoms with van der Waals surface area (Å²) in [5.74, 6) is -1.22. The quantitative estimate of drug-likeness (QED) is 0.723. The molecule has 0 saturated carbocycles. The van der Waals surface area contributed by atoms with Crippen LogP contribution in [0.2, 0.25) is 10.0 Å². The minimum Gasteiger partial charge on any atom is -0.324 e. The van der Waals surface area contributed by atoms with Gasteiger partial charge in [0.2, 0.25) is 15.9 Å². The van der Waals surface area contributed by atoms with Crippen molar-refractivity contribution < 1.29 is 17.6 Å². The fourth-order valence-electron chi connectivity index (χ4n) is 2.58. The van der Waals surface area contributed by atoms with Gasteiger partial charge < -0.3 is 5.32 Å². The van der Waals surface area contributed by atoms with Crippen molar-refractivity contribution in [2.24, 2.45) is 0 Å². The highest BCUT2D eigenvalue weighted by Crippen LogP contribution is 2.28. The van der Waals surface area contributed by atoms with Crippen LogP contribution in [0.25, 0.3) is 0 Å². The molecule has 2 aromatic rings. The van der Waals surface area contributed by atoms with Crippen LogP contribution in [0.1, 0.15) is 18.9 Å². The van der Waals surface area contributed by atoms with Crippen LogP contribution in [0.5, 0.6) is 0 Å². The summed E-state index contributed by atoms with van der Waals surface area (Å²) >= 11 is 11.9. The van der Waals surface area contributed by atoms with E-state index < -0.39 is 27.8 Å². The molecule has 0 radical (unpaired) electrons. The fourth-order valence-corrected chi connectivity index (χ4v) is 4.14. The van der Waals surface area contributed by atoms with Crippen LogP contribution in [-0.2, 0) is 14.8 Å². The van der Waals surface area contributed by atoms with Gasteiger partial charge in [0, 0.05) is 10.7 Å². The number of rotatable bonds is 6. The molecular weight excluding hydrogens is 414 g/mol. The molecule has 0 aromatic heterocycles. The number of hydrogen-bond acceptors (Lipinski definition) is 3. The Kier molecular flexibility index (Phi) is 6.72. The van der Waals surface area contributed by atoms with Gasteiger partial charge in [0.05, 0.1) is 17.0 Å². The number of anilines is 2. The van der Waals surface area contributed by atoms with Crippen molar-refractivity contribution >= 4 is 50.5 Å². The van der Waals surface area contributed by atoms with E-state index in [1.165, 1.54) is 12.1 Å². The van der Waals surface area contributed by atoms with Crippen molar-refractivity contribution in [1.29, 1.82) is 0 Å². The first-order valence-electron chi connectivity index (χ1n) is 8.06. The summed E-state index contributed by atoms with van der Waals surface area (Å²) in [6.45, 7) is 3.50. The molecule has 1 atom stereocenters. The number of nitrogens with zero attached hydrogens (tertiary/aromatic N) is 1. The SMILES string of the molecule is CC[C@@H](C(=O)Nc1ccc(C)c(Cl)c1)N(c1ccc(F)c(Cl)c1)S(C)(=O)=O. The minimum atomic E-state index is -3.85. The van der Waals surface area contributed by atoms with Crippen molar-refractivity contribution in [3.05, 3.63) is 57.8 Å². The van der Waals surface area contributed by atoms with Crippen LogP contribution in [-0.4, -0.2) is 26.6 Å². The molecule has 0 aliphatic carbocycles. The summed E-state index contributed by atoms with van der Waals surface area (Å²) in [7, 11) is -3.85. The second kappa shape index (κ2) is 8.46. The third-order valence-corrected chi connectivity index (χ3v) is 5.80. The maximum absolute atomic E-state index is 13.5. The molecule has 0 aliphatic heterocycles. The Morgan fingerprint density at radius 3 is 2.37 bits per heavy atom. The van der Waals surface area contributed by atoms with Crippen molar-refractivity contribution in [1.82, 2.24) is 0 Å². The molecular formula is C18H19Cl2FN2O3S. The van der Waals surface area contributed by atoms with Crippen LogP contribution in [0.4, 0.5) is 15.8 Å². The van der Waals surface area contributed by atoms with Crippen molar-refractivity contribution in [3.63, 3.8) is 0 Å². The van der Waals surface area contributed by atoms with E-state index in [-0.39, 0.29) is 17.1 Å². The lowest BCUT2D eigenvalue weighted by molar-refractivity contribution is -0.117. The molecule has 0 aliphatic rings. The molecule has 2 rings (SSSR count). The van der Waals surface area contributed by atoms with E-state index in [0.717, 1.165) is 22.2 Å². The van der Waals surface area contributed by atoms with Gasteiger partial charge in [-0.05, 0) is 49.2 Å². The number of benzene rings is 2. The minimum absolute atomic E-state index is 0.104. The van der Waals surface area contributed by atoms with Gasteiger partial charge in [-0.25, -0.2) is 12.8 Å². The Balaban J connectivity index is 2.40. The first kappa shape index (κ1) is 21.5. The Morgan fingerprint density at radius 2 is 1.85 bits per heavy atom. The number of aryl methyl sites for hydroxylation is 1. The van der Waals surface area contributed by atoms with E-state index in [0.29, 0.717) is 10.7 Å². The van der Waals surface area contributed by atoms with Crippen LogP contribution >= 0.6 is 23.2 Å². The molecule has 0 saturated heterocycles. The molecule has 2 aromatic carbocycles. The fraction of sp³-hybridized carbons (Fsp3) is 0.278. The largest absolute Gasteiger partial charge is 0.324 e. The lowest BCUT2D eigenvalue weighted by Gasteiger charge is -2.30. The third kappa shape index (κ3) is 5.12. The summed E-state index contributed by atoms with van der Waals surface area (Å²) in [6.07, 6.45) is 1.16. The predicted molar refractivity (Wildman–Crippen MR) is 108 cm³/mol. The lowest BCUT2D eigenvalue weighted by Crippen LogP contribution is -2.47. The monoisotopic (exact) mass is 432 g/mol. The maximum Gasteiger partial charge on any atom is 0.248 e. The van der Waals surface area contributed by atoms with Crippen LogP contribution in [0.3, 0.4) is 0 Å². The summed E-state index contributed by atoms with van der Waals surface area (Å²) in [5.41, 5.74) is 1.40. The molecule has 5 nitrogen and oxygen atoms in total. The normalized spacial score (nSPS) is 12.5. The summed E-state index contributed by atoms with van der Waals surface area (Å²) < 4.78 is 39.1. The van der Waals surface area contributed by atoms with E-state index in [1.54, 1.807) is 25.1 Å². The Bertz CT molecular complexity index is 967. The number of nitrogens with one attached hydrogen (secondary N) is 1. The molecule has 1 amide bonds. The summed E-state index contributed by atoms with van der Waals surface area (Å²) in [4.78, 5) is 12.8. The number of carbonyl (C=O) groups is 1. The molecule has 9 heteroatoms. The van der Waals surface area contributed by atoms with Gasteiger partial charge in [0.25, 0.3) is 0 Å². The molecule has 1 N–H and O–H groups in total. The van der Waals surface area contributed by atoms with Crippen LogP contribution < -0.4 is 9.62 Å². The molecule has 0 spiro atoms. The molecule has 0 bridgehead atoms. The van der Waals surface area contributed by atoms with E-state index >= 15 is 0 Å². The third-order valence-electron chi connectivity index (χ3n) is 3.93. The van der Waals surface area contributed by atoms with Crippen molar-refractivity contribution in [3.8, 4) is 0 Å². The highest BCUT2D eigenvalue weighted by Gasteiger charge is 2.32. The topological polar surface area (TPSA) is 66.5 Å². The summed E-state index contributed by atoms with van der Waals surface area (Å²) in [6, 6.07) is 7.44. The zero-order valence-electron chi connectivity index (χ0n) is 15.0. The number of halogens is 3. The van der Waals surface area contributed by atoms with E-state index in [1.807, 2.05) is 6.92 Å². The van der Waals surface area contributed by atoms with Crippen LogP contribution in [0, 0.1) is 12.7 Å². The average molecular weight is 433 g/mol. The van der Waals surface area contributed by atoms with E-state index in [9.17, 15) is 17.6 Å². The van der Waals surface area contributed by atoms with Crippen molar-refractivity contribution in [2.45, 2.75) is 26.3 Å². The Labute approximate surface area is 168 Å². The van der Waals surface area contributed by atoms with E-state index in [2.05, 4.69) is 5.32 Å². The van der Waals surface area contributed by atoms with Gasteiger partial charge in [-0.15, -0.1) is 0 Å². The number of amides is 1. The standard InChI is InChI=1S/C18H19Cl2FN2O3S/c1-4-17(18(24)22-12-6-5-11(2)14(19)9-12)23(27(3,25)26)13-7-8-16(21)15(20)10-13/h5-10,17H,4H2,1-3H3,(H,22,24)/t17-/m0/s1. The summed E-state index contributed by atoms with van der Waals surface area (Å²) in [5, 5.41) is 2.92. The second-order valence-electron chi connectivity index (χ2n) is 6.03. The highest BCUT2D eigenvalue weighted by molar-refractivity contribution is 7.92. The van der Waals surface area contributed by atoms with E-state index in [4.69, 9.17) is 23.2 Å². The molecule has 27 heavy (non-hydrogen) atoms. The van der Waals surface area contributed by atoms with Gasteiger partial charge in [0.15, 0.2) is 0 Å². The lowest BCUT2D eigenvalue weighted by atomic mass is 10.1. The highest BCUT2D eigenvalue weighted by atomic mass is 35.5. The maximum atomic E-state index is 13.5.